The minimum absolute atomic E-state index is 0.134. The Morgan fingerprint density at radius 3 is 2.82 bits per heavy atom. The Hall–Kier alpha value is -1.36. The van der Waals surface area contributed by atoms with E-state index in [0.29, 0.717) is 0 Å². The fourth-order valence-electron chi connectivity index (χ4n) is 2.40. The number of nitrogens with one attached hydrogen (secondary N) is 2. The number of carbonyl (C=O) groups is 1. The lowest BCUT2D eigenvalue weighted by molar-refractivity contribution is -0.127. The van der Waals surface area contributed by atoms with Crippen LogP contribution in [0.5, 0.6) is 0 Å². The lowest BCUT2D eigenvalue weighted by atomic mass is 9.76. The maximum Gasteiger partial charge on any atom is 0.230 e. The molecule has 2 heterocycles. The van der Waals surface area contributed by atoms with Gasteiger partial charge in [-0.3, -0.25) is 9.48 Å². The molecule has 1 aromatic rings. The van der Waals surface area contributed by atoms with Crippen molar-refractivity contribution in [2.24, 2.45) is 12.5 Å². The summed E-state index contributed by atoms with van der Waals surface area (Å²) in [6, 6.07) is 0. The third kappa shape index (κ3) is 2.49. The molecule has 1 saturated heterocycles. The van der Waals surface area contributed by atoms with Gasteiger partial charge in [0.2, 0.25) is 5.91 Å². The molecule has 0 atom stereocenters. The lowest BCUT2D eigenvalue weighted by Gasteiger charge is -2.35. The second-order valence-corrected chi connectivity index (χ2v) is 4.74. The largest absolute Gasteiger partial charge is 0.323 e. The Bertz CT molecular complexity index is 393. The van der Waals surface area contributed by atoms with E-state index in [1.165, 1.54) is 0 Å². The molecule has 5 heteroatoms. The number of aryl methyl sites for hydroxylation is 1. The molecule has 0 spiro atoms. The van der Waals surface area contributed by atoms with Crippen LogP contribution in [0.2, 0.25) is 0 Å². The molecule has 2 rings (SSSR count). The maximum absolute atomic E-state index is 12.4. The number of piperidine rings is 1. The molecule has 5 nitrogen and oxygen atoms in total. The molecule has 2 N–H and O–H groups in total. The molecular formula is C12H20N4O. The summed E-state index contributed by atoms with van der Waals surface area (Å²) in [5.41, 5.74) is 0.574. The molecule has 0 saturated carbocycles. The highest BCUT2D eigenvalue weighted by atomic mass is 16.2. The Labute approximate surface area is 102 Å². The topological polar surface area (TPSA) is 59.0 Å². The molecule has 1 aliphatic rings. The van der Waals surface area contributed by atoms with Gasteiger partial charge in [0.05, 0.1) is 17.3 Å². The number of carbonyl (C=O) groups excluding carboxylic acids is 1. The monoisotopic (exact) mass is 236 g/mol. The normalized spacial score (nSPS) is 18.9. The standard InChI is InChI=1S/C12H20N4O/c1-3-12(4-6-13-7-5-12)11(17)15-10-8-14-16(2)9-10/h8-9,13H,3-7H2,1-2H3,(H,15,17). The third-order valence-electron chi connectivity index (χ3n) is 3.68. The minimum Gasteiger partial charge on any atom is -0.323 e. The maximum atomic E-state index is 12.4. The number of rotatable bonds is 3. The first-order valence-electron chi connectivity index (χ1n) is 6.17. The number of hydrogen-bond donors (Lipinski definition) is 2. The van der Waals surface area contributed by atoms with Gasteiger partial charge in [0.15, 0.2) is 0 Å². The van der Waals surface area contributed by atoms with Gasteiger partial charge >= 0.3 is 0 Å². The Morgan fingerprint density at radius 2 is 2.29 bits per heavy atom. The van der Waals surface area contributed by atoms with Gasteiger partial charge in [-0.25, -0.2) is 0 Å². The Morgan fingerprint density at radius 1 is 1.59 bits per heavy atom. The lowest BCUT2D eigenvalue weighted by Crippen LogP contribution is -2.44. The summed E-state index contributed by atoms with van der Waals surface area (Å²) in [6.45, 7) is 3.94. The SMILES string of the molecule is CCC1(C(=O)Nc2cnn(C)c2)CCNCC1. The van der Waals surface area contributed by atoms with E-state index in [2.05, 4.69) is 22.7 Å². The van der Waals surface area contributed by atoms with Gasteiger partial charge in [-0.2, -0.15) is 5.10 Å². The predicted molar refractivity (Wildman–Crippen MR) is 66.7 cm³/mol. The second kappa shape index (κ2) is 4.87. The fraction of sp³-hybridized carbons (Fsp3) is 0.667. The van der Waals surface area contributed by atoms with Gasteiger partial charge < -0.3 is 10.6 Å². The molecule has 0 aliphatic carbocycles. The molecule has 0 unspecified atom stereocenters. The van der Waals surface area contributed by atoms with E-state index in [1.54, 1.807) is 10.9 Å². The van der Waals surface area contributed by atoms with E-state index in [-0.39, 0.29) is 11.3 Å². The van der Waals surface area contributed by atoms with Crippen molar-refractivity contribution in [1.82, 2.24) is 15.1 Å². The van der Waals surface area contributed by atoms with Crippen molar-refractivity contribution in [2.45, 2.75) is 26.2 Å². The molecule has 1 aliphatic heterocycles. The summed E-state index contributed by atoms with van der Waals surface area (Å²) in [4.78, 5) is 12.4. The van der Waals surface area contributed by atoms with Gasteiger partial charge in [0, 0.05) is 13.2 Å². The summed E-state index contributed by atoms with van der Waals surface area (Å²) in [5, 5.41) is 10.3. The zero-order valence-electron chi connectivity index (χ0n) is 10.5. The number of aromatic nitrogens is 2. The number of anilines is 1. The van der Waals surface area contributed by atoms with Crippen LogP contribution in [0.3, 0.4) is 0 Å². The van der Waals surface area contributed by atoms with E-state index in [1.807, 2.05) is 13.2 Å². The fourth-order valence-corrected chi connectivity index (χ4v) is 2.40. The van der Waals surface area contributed by atoms with Gasteiger partial charge in [0.1, 0.15) is 0 Å². The zero-order valence-corrected chi connectivity index (χ0v) is 10.5. The van der Waals surface area contributed by atoms with Crippen LogP contribution >= 0.6 is 0 Å². The van der Waals surface area contributed by atoms with Crippen molar-refractivity contribution in [3.8, 4) is 0 Å². The molecule has 17 heavy (non-hydrogen) atoms. The van der Waals surface area contributed by atoms with Crippen LogP contribution in [0.1, 0.15) is 26.2 Å². The first kappa shape index (κ1) is 12.1. The van der Waals surface area contributed by atoms with Gasteiger partial charge in [0.25, 0.3) is 0 Å². The minimum atomic E-state index is -0.207. The van der Waals surface area contributed by atoms with Gasteiger partial charge in [-0.05, 0) is 32.4 Å². The van der Waals surface area contributed by atoms with Crippen molar-refractivity contribution in [2.75, 3.05) is 18.4 Å². The third-order valence-corrected chi connectivity index (χ3v) is 3.68. The number of nitrogens with zero attached hydrogens (tertiary/aromatic N) is 2. The molecule has 1 fully saturated rings. The first-order valence-corrected chi connectivity index (χ1v) is 6.17. The van der Waals surface area contributed by atoms with Crippen molar-refractivity contribution < 1.29 is 4.79 Å². The highest BCUT2D eigenvalue weighted by molar-refractivity contribution is 5.95. The average molecular weight is 236 g/mol. The van der Waals surface area contributed by atoms with Crippen molar-refractivity contribution >= 4 is 11.6 Å². The molecule has 1 aromatic heterocycles. The summed E-state index contributed by atoms with van der Waals surface area (Å²) < 4.78 is 1.69. The Kier molecular flexibility index (Phi) is 3.47. The Balaban J connectivity index is 2.07. The highest BCUT2D eigenvalue weighted by Gasteiger charge is 2.37. The highest BCUT2D eigenvalue weighted by Crippen LogP contribution is 2.33. The average Bonchev–Trinajstić information content (AvgIpc) is 2.75. The predicted octanol–water partition coefficient (Wildman–Crippen LogP) is 1.14. The van der Waals surface area contributed by atoms with Crippen LogP contribution in [0, 0.1) is 5.41 Å². The summed E-state index contributed by atoms with van der Waals surface area (Å²) in [5.74, 6) is 0.134. The van der Waals surface area contributed by atoms with Crippen molar-refractivity contribution in [1.29, 1.82) is 0 Å². The number of amides is 1. The van der Waals surface area contributed by atoms with E-state index >= 15 is 0 Å². The van der Waals surface area contributed by atoms with Crippen LogP contribution in [0.25, 0.3) is 0 Å². The van der Waals surface area contributed by atoms with Crippen molar-refractivity contribution in [3.05, 3.63) is 12.4 Å². The quantitative estimate of drug-likeness (QED) is 0.827. The van der Waals surface area contributed by atoms with E-state index in [0.717, 1.165) is 38.0 Å². The van der Waals surface area contributed by atoms with Crippen molar-refractivity contribution in [3.63, 3.8) is 0 Å². The van der Waals surface area contributed by atoms with Crippen LogP contribution in [0.15, 0.2) is 12.4 Å². The summed E-state index contributed by atoms with van der Waals surface area (Å²) in [6.07, 6.45) is 6.22. The van der Waals surface area contributed by atoms with E-state index < -0.39 is 0 Å². The smallest absolute Gasteiger partial charge is 0.230 e. The molecule has 94 valence electrons. The number of hydrogen-bond acceptors (Lipinski definition) is 3. The molecular weight excluding hydrogens is 216 g/mol. The van der Waals surface area contributed by atoms with Gasteiger partial charge in [-0.1, -0.05) is 6.92 Å². The molecule has 0 aromatic carbocycles. The summed E-state index contributed by atoms with van der Waals surface area (Å²) >= 11 is 0. The van der Waals surface area contributed by atoms with E-state index in [9.17, 15) is 4.79 Å². The molecule has 0 bridgehead atoms. The van der Waals surface area contributed by atoms with Crippen LogP contribution in [0.4, 0.5) is 5.69 Å². The van der Waals surface area contributed by atoms with Crippen LogP contribution in [-0.4, -0.2) is 28.8 Å². The van der Waals surface area contributed by atoms with E-state index in [4.69, 9.17) is 0 Å². The second-order valence-electron chi connectivity index (χ2n) is 4.74. The van der Waals surface area contributed by atoms with Crippen LogP contribution in [-0.2, 0) is 11.8 Å². The zero-order chi connectivity index (χ0) is 12.3. The van der Waals surface area contributed by atoms with Gasteiger partial charge in [-0.15, -0.1) is 0 Å². The summed E-state index contributed by atoms with van der Waals surface area (Å²) in [7, 11) is 1.84. The van der Waals surface area contributed by atoms with Crippen LogP contribution < -0.4 is 10.6 Å². The molecule has 1 amide bonds. The molecule has 0 radical (unpaired) electrons. The first-order chi connectivity index (χ1) is 8.16.